The second-order valence-electron chi connectivity index (χ2n) is 6.76. The highest BCUT2D eigenvalue weighted by Crippen LogP contribution is 2.22. The van der Waals surface area contributed by atoms with Gasteiger partial charge in [0, 0.05) is 24.2 Å². The zero-order chi connectivity index (χ0) is 20.5. The van der Waals surface area contributed by atoms with Gasteiger partial charge in [-0.2, -0.15) is 4.52 Å². The van der Waals surface area contributed by atoms with Crippen LogP contribution in [0.2, 0.25) is 0 Å². The van der Waals surface area contributed by atoms with Crippen molar-refractivity contribution in [2.75, 3.05) is 5.32 Å². The summed E-state index contributed by atoms with van der Waals surface area (Å²) in [6.07, 6.45) is 1.72. The summed E-state index contributed by atoms with van der Waals surface area (Å²) in [6.45, 7) is 2.36. The Morgan fingerprint density at radius 1 is 1.00 bits per heavy atom. The molecular weight excluding hydrogens is 383 g/mol. The van der Waals surface area contributed by atoms with E-state index in [1.807, 2.05) is 37.3 Å². The molecule has 0 amide bonds. The van der Waals surface area contributed by atoms with E-state index in [0.717, 1.165) is 22.1 Å². The molecule has 30 heavy (non-hydrogen) atoms. The van der Waals surface area contributed by atoms with Crippen LogP contribution in [0.1, 0.15) is 11.4 Å². The number of pyridine rings is 1. The summed E-state index contributed by atoms with van der Waals surface area (Å²) in [5, 5.41) is 8.72. The van der Waals surface area contributed by atoms with Gasteiger partial charge < -0.3 is 10.1 Å². The zero-order valence-electron chi connectivity index (χ0n) is 16.1. The molecule has 7 nitrogen and oxygen atoms in total. The maximum atomic E-state index is 13.0. The Morgan fingerprint density at radius 3 is 2.63 bits per heavy atom. The third kappa shape index (κ3) is 3.50. The minimum atomic E-state index is -0.310. The predicted molar refractivity (Wildman–Crippen MR) is 111 cm³/mol. The monoisotopic (exact) mass is 400 g/mol. The molecule has 3 aromatic heterocycles. The van der Waals surface area contributed by atoms with Crippen molar-refractivity contribution in [1.82, 2.24) is 24.6 Å². The first kappa shape index (κ1) is 18.0. The van der Waals surface area contributed by atoms with Crippen LogP contribution in [0, 0.1) is 12.7 Å². The second-order valence-corrected chi connectivity index (χ2v) is 6.76. The summed E-state index contributed by atoms with van der Waals surface area (Å²) in [5.74, 6) is 1.94. The molecule has 0 radical (unpaired) electrons. The average Bonchev–Trinajstić information content (AvgIpc) is 3.16. The fraction of sp³-hybridized carbons (Fsp3) is 0.0909. The fourth-order valence-electron chi connectivity index (χ4n) is 3.15. The highest BCUT2D eigenvalue weighted by Gasteiger charge is 2.11. The number of nitrogens with zero attached hydrogens (tertiary/aromatic N) is 5. The van der Waals surface area contributed by atoms with E-state index in [0.29, 0.717) is 29.9 Å². The van der Waals surface area contributed by atoms with Gasteiger partial charge in [0.15, 0.2) is 5.65 Å². The van der Waals surface area contributed by atoms with Crippen LogP contribution in [0.25, 0.3) is 16.6 Å². The van der Waals surface area contributed by atoms with Crippen LogP contribution in [0.4, 0.5) is 10.3 Å². The smallest absolute Gasteiger partial charge is 0.226 e. The van der Waals surface area contributed by atoms with Crippen molar-refractivity contribution in [1.29, 1.82) is 0 Å². The standard InChI is InChI=1S/C22H17FN6O/c1-14-26-21-18-4-2-3-5-19(18)27-22(29(21)28-14)25-13-15-6-11-20(24-12-15)30-17-9-7-16(23)8-10-17/h2-12H,13H2,1H3,(H,25,27). The third-order valence-corrected chi connectivity index (χ3v) is 4.57. The van der Waals surface area contributed by atoms with Gasteiger partial charge in [-0.15, -0.1) is 5.10 Å². The van der Waals surface area contributed by atoms with E-state index >= 15 is 0 Å². The first-order chi connectivity index (χ1) is 14.7. The van der Waals surface area contributed by atoms with Gasteiger partial charge in [-0.3, -0.25) is 0 Å². The molecule has 8 heteroatoms. The molecule has 2 aromatic carbocycles. The van der Waals surface area contributed by atoms with E-state index in [-0.39, 0.29) is 5.82 Å². The van der Waals surface area contributed by atoms with Gasteiger partial charge in [0.25, 0.3) is 0 Å². The average molecular weight is 400 g/mol. The zero-order valence-corrected chi connectivity index (χ0v) is 16.1. The number of hydrogen-bond donors (Lipinski definition) is 1. The van der Waals surface area contributed by atoms with Crippen molar-refractivity contribution in [3.8, 4) is 11.6 Å². The molecule has 0 bridgehead atoms. The van der Waals surface area contributed by atoms with Crippen LogP contribution >= 0.6 is 0 Å². The number of nitrogens with one attached hydrogen (secondary N) is 1. The number of rotatable bonds is 5. The molecule has 5 aromatic rings. The maximum Gasteiger partial charge on any atom is 0.226 e. The lowest BCUT2D eigenvalue weighted by Crippen LogP contribution is -2.08. The molecule has 1 N–H and O–H groups in total. The molecule has 0 spiro atoms. The lowest BCUT2D eigenvalue weighted by atomic mass is 10.2. The van der Waals surface area contributed by atoms with Gasteiger partial charge in [0.2, 0.25) is 11.8 Å². The van der Waals surface area contributed by atoms with E-state index in [1.54, 1.807) is 28.9 Å². The number of ether oxygens (including phenoxy) is 1. The van der Waals surface area contributed by atoms with Gasteiger partial charge in [0.1, 0.15) is 17.4 Å². The number of hydrogen-bond acceptors (Lipinski definition) is 6. The van der Waals surface area contributed by atoms with E-state index in [1.165, 1.54) is 12.1 Å². The Morgan fingerprint density at radius 2 is 1.83 bits per heavy atom. The third-order valence-electron chi connectivity index (χ3n) is 4.57. The molecule has 0 saturated heterocycles. The van der Waals surface area contributed by atoms with Gasteiger partial charge in [-0.05, 0) is 48.9 Å². The number of halogens is 1. The van der Waals surface area contributed by atoms with Crippen LogP contribution in [0.15, 0.2) is 66.9 Å². The summed E-state index contributed by atoms with van der Waals surface area (Å²) in [7, 11) is 0. The van der Waals surface area contributed by atoms with Crippen molar-refractivity contribution < 1.29 is 9.13 Å². The largest absolute Gasteiger partial charge is 0.439 e. The van der Waals surface area contributed by atoms with Crippen molar-refractivity contribution in [2.45, 2.75) is 13.5 Å². The van der Waals surface area contributed by atoms with Crippen molar-refractivity contribution in [3.05, 3.63) is 84.1 Å². The molecule has 0 atom stereocenters. The molecular formula is C22H17FN6O. The van der Waals surface area contributed by atoms with E-state index < -0.39 is 0 Å². The van der Waals surface area contributed by atoms with Crippen molar-refractivity contribution >= 4 is 22.5 Å². The predicted octanol–water partition coefficient (Wildman–Crippen LogP) is 4.52. The highest BCUT2D eigenvalue weighted by atomic mass is 19.1. The molecule has 0 saturated carbocycles. The summed E-state index contributed by atoms with van der Waals surface area (Å²) in [5.41, 5.74) is 2.56. The SMILES string of the molecule is Cc1nc2c3ccccc3nc(NCc3ccc(Oc4ccc(F)cc4)nc3)n2n1. The van der Waals surface area contributed by atoms with Crippen LogP contribution in [0.5, 0.6) is 11.6 Å². The van der Waals surface area contributed by atoms with Crippen LogP contribution in [-0.2, 0) is 6.54 Å². The maximum absolute atomic E-state index is 13.0. The summed E-state index contributed by atoms with van der Waals surface area (Å²) < 4.78 is 20.3. The molecule has 5 rings (SSSR count). The second kappa shape index (κ2) is 7.40. The topological polar surface area (TPSA) is 77.2 Å². The highest BCUT2D eigenvalue weighted by molar-refractivity contribution is 5.92. The number of anilines is 1. The Balaban J connectivity index is 1.35. The Hall–Kier alpha value is -4.07. The summed E-state index contributed by atoms with van der Waals surface area (Å²) in [6, 6.07) is 17.3. The minimum Gasteiger partial charge on any atom is -0.439 e. The Bertz CT molecular complexity index is 1330. The van der Waals surface area contributed by atoms with E-state index in [4.69, 9.17) is 4.74 Å². The minimum absolute atomic E-state index is 0.310. The number of benzene rings is 2. The number of aryl methyl sites for hydroxylation is 1. The van der Waals surface area contributed by atoms with Crippen molar-refractivity contribution in [3.63, 3.8) is 0 Å². The molecule has 0 aliphatic rings. The van der Waals surface area contributed by atoms with Crippen LogP contribution in [-0.4, -0.2) is 24.6 Å². The summed E-state index contributed by atoms with van der Waals surface area (Å²) >= 11 is 0. The van der Waals surface area contributed by atoms with Crippen molar-refractivity contribution in [2.24, 2.45) is 0 Å². The van der Waals surface area contributed by atoms with Gasteiger partial charge >= 0.3 is 0 Å². The lowest BCUT2D eigenvalue weighted by molar-refractivity contribution is 0.461. The van der Waals surface area contributed by atoms with Gasteiger partial charge in [-0.1, -0.05) is 18.2 Å². The van der Waals surface area contributed by atoms with E-state index in [2.05, 4.69) is 25.4 Å². The molecule has 0 fully saturated rings. The first-order valence-corrected chi connectivity index (χ1v) is 9.40. The number of fused-ring (bicyclic) bond motifs is 3. The van der Waals surface area contributed by atoms with Crippen LogP contribution < -0.4 is 10.1 Å². The van der Waals surface area contributed by atoms with E-state index in [9.17, 15) is 4.39 Å². The normalized spacial score (nSPS) is 11.1. The Labute approximate surface area is 171 Å². The molecule has 3 heterocycles. The quantitative estimate of drug-likeness (QED) is 0.467. The van der Waals surface area contributed by atoms with Gasteiger partial charge in [0.05, 0.1) is 5.52 Å². The number of aromatic nitrogens is 5. The lowest BCUT2D eigenvalue weighted by Gasteiger charge is -2.09. The molecule has 0 unspecified atom stereocenters. The number of para-hydroxylation sites is 1. The van der Waals surface area contributed by atoms with Gasteiger partial charge in [-0.25, -0.2) is 19.3 Å². The Kier molecular flexibility index (Phi) is 4.44. The fourth-order valence-corrected chi connectivity index (χ4v) is 3.15. The van der Waals surface area contributed by atoms with Crippen LogP contribution in [0.3, 0.4) is 0 Å². The molecule has 148 valence electrons. The molecule has 0 aliphatic heterocycles. The summed E-state index contributed by atoms with van der Waals surface area (Å²) in [4.78, 5) is 13.5. The first-order valence-electron chi connectivity index (χ1n) is 9.40. The molecule has 0 aliphatic carbocycles.